The van der Waals surface area contributed by atoms with Crippen LogP contribution >= 0.6 is 12.4 Å². The van der Waals surface area contributed by atoms with Crippen molar-refractivity contribution in [3.63, 3.8) is 0 Å². The number of hydrogen-bond donors (Lipinski definition) is 1. The van der Waals surface area contributed by atoms with Gasteiger partial charge in [-0.25, -0.2) is 8.42 Å². The van der Waals surface area contributed by atoms with Gasteiger partial charge in [0.2, 0.25) is 15.9 Å². The van der Waals surface area contributed by atoms with E-state index in [1.165, 1.54) is 4.31 Å². The molecule has 0 spiro atoms. The predicted molar refractivity (Wildman–Crippen MR) is 98.9 cm³/mol. The highest BCUT2D eigenvalue weighted by Crippen LogP contribution is 2.32. The minimum Gasteiger partial charge on any atom is -0.340 e. The van der Waals surface area contributed by atoms with E-state index in [0.717, 1.165) is 19.3 Å². The van der Waals surface area contributed by atoms with Crippen molar-refractivity contribution in [1.29, 1.82) is 0 Å². The van der Waals surface area contributed by atoms with Gasteiger partial charge >= 0.3 is 0 Å². The number of rotatable bonds is 4. The Kier molecular flexibility index (Phi) is 6.85. The summed E-state index contributed by atoms with van der Waals surface area (Å²) in [6, 6.07) is 8.46. The van der Waals surface area contributed by atoms with E-state index < -0.39 is 10.0 Å². The third kappa shape index (κ3) is 4.16. The minimum atomic E-state index is -3.47. The lowest BCUT2D eigenvalue weighted by atomic mass is 9.94. The summed E-state index contributed by atoms with van der Waals surface area (Å²) in [7, 11) is -3.47. The van der Waals surface area contributed by atoms with Gasteiger partial charge in [-0.15, -0.1) is 12.4 Å². The van der Waals surface area contributed by atoms with Crippen LogP contribution in [0.15, 0.2) is 35.2 Å². The summed E-state index contributed by atoms with van der Waals surface area (Å²) in [5, 5.41) is 0. The van der Waals surface area contributed by atoms with Gasteiger partial charge in [0.1, 0.15) is 0 Å². The molecule has 8 heteroatoms. The molecule has 0 aromatic heterocycles. The maximum Gasteiger partial charge on any atom is 0.243 e. The van der Waals surface area contributed by atoms with E-state index in [-0.39, 0.29) is 30.2 Å². The molecule has 2 atom stereocenters. The van der Waals surface area contributed by atoms with E-state index in [1.807, 2.05) is 4.90 Å². The van der Waals surface area contributed by atoms with E-state index in [4.69, 9.17) is 5.73 Å². The van der Waals surface area contributed by atoms with Gasteiger partial charge in [0.15, 0.2) is 0 Å². The van der Waals surface area contributed by atoms with Crippen molar-refractivity contribution in [2.75, 3.05) is 32.7 Å². The number of amides is 1. The van der Waals surface area contributed by atoms with Crippen LogP contribution in [0.1, 0.15) is 19.3 Å². The Hall–Kier alpha value is -1.15. The maximum absolute atomic E-state index is 12.7. The summed E-state index contributed by atoms with van der Waals surface area (Å²) in [5.74, 6) is 0.454. The largest absolute Gasteiger partial charge is 0.340 e. The third-order valence-electron chi connectivity index (χ3n) is 5.21. The molecule has 1 saturated heterocycles. The molecule has 2 fully saturated rings. The zero-order valence-electron chi connectivity index (χ0n) is 14.2. The number of sulfonamides is 1. The van der Waals surface area contributed by atoms with Gasteiger partial charge in [-0.05, 0) is 37.4 Å². The fourth-order valence-corrected chi connectivity index (χ4v) is 5.21. The highest BCUT2D eigenvalue weighted by atomic mass is 35.5. The Labute approximate surface area is 155 Å². The Balaban J connectivity index is 0.00000225. The second-order valence-corrected chi connectivity index (χ2v) is 8.51. The van der Waals surface area contributed by atoms with E-state index in [2.05, 4.69) is 0 Å². The van der Waals surface area contributed by atoms with Crippen molar-refractivity contribution >= 4 is 28.3 Å². The highest BCUT2D eigenvalue weighted by Gasteiger charge is 2.37. The SMILES string of the molecule is Cl.NC[C@H]1CCC[C@H]1C(=O)N1CCN(S(=O)(=O)c2ccccc2)CC1. The Morgan fingerprint density at radius 3 is 2.32 bits per heavy atom. The first-order valence-corrected chi connectivity index (χ1v) is 10.0. The molecule has 1 aromatic carbocycles. The molecule has 140 valence electrons. The molecule has 25 heavy (non-hydrogen) atoms. The van der Waals surface area contributed by atoms with Crippen molar-refractivity contribution in [2.24, 2.45) is 17.6 Å². The molecule has 2 N–H and O–H groups in total. The lowest BCUT2D eigenvalue weighted by molar-refractivity contribution is -0.137. The smallest absolute Gasteiger partial charge is 0.243 e. The summed E-state index contributed by atoms with van der Waals surface area (Å²) < 4.78 is 26.7. The molecular weight excluding hydrogens is 362 g/mol. The normalized spacial score (nSPS) is 24.8. The van der Waals surface area contributed by atoms with Gasteiger partial charge in [-0.3, -0.25) is 4.79 Å². The monoisotopic (exact) mass is 387 g/mol. The highest BCUT2D eigenvalue weighted by molar-refractivity contribution is 7.89. The first-order chi connectivity index (χ1) is 11.5. The van der Waals surface area contributed by atoms with E-state index >= 15 is 0 Å². The Bertz CT molecular complexity index is 676. The number of carbonyl (C=O) groups excluding carboxylic acids is 1. The number of halogens is 1. The number of carbonyl (C=O) groups is 1. The van der Waals surface area contributed by atoms with Crippen molar-refractivity contribution in [3.05, 3.63) is 30.3 Å². The summed E-state index contributed by atoms with van der Waals surface area (Å²) in [4.78, 5) is 14.8. The van der Waals surface area contributed by atoms with Crippen molar-refractivity contribution in [3.8, 4) is 0 Å². The Morgan fingerprint density at radius 1 is 1.08 bits per heavy atom. The van der Waals surface area contributed by atoms with E-state index in [9.17, 15) is 13.2 Å². The molecular formula is C17H26ClN3O3S. The molecule has 0 bridgehead atoms. The lowest BCUT2D eigenvalue weighted by Gasteiger charge is -2.36. The van der Waals surface area contributed by atoms with Gasteiger partial charge in [0, 0.05) is 32.1 Å². The van der Waals surface area contributed by atoms with Crippen molar-refractivity contribution in [2.45, 2.75) is 24.2 Å². The zero-order valence-corrected chi connectivity index (χ0v) is 15.8. The van der Waals surface area contributed by atoms with Crippen LogP contribution in [-0.4, -0.2) is 56.3 Å². The summed E-state index contributed by atoms with van der Waals surface area (Å²) in [6.45, 7) is 2.17. The van der Waals surface area contributed by atoms with Crippen LogP contribution in [0.2, 0.25) is 0 Å². The number of nitrogens with two attached hydrogens (primary N) is 1. The average molecular weight is 388 g/mol. The van der Waals surface area contributed by atoms with Crippen LogP contribution in [0.3, 0.4) is 0 Å². The van der Waals surface area contributed by atoms with Gasteiger partial charge in [0.25, 0.3) is 0 Å². The number of nitrogens with zero attached hydrogens (tertiary/aromatic N) is 2. The molecule has 1 amide bonds. The maximum atomic E-state index is 12.7. The molecule has 0 radical (unpaired) electrons. The molecule has 1 aliphatic carbocycles. The molecule has 1 heterocycles. The van der Waals surface area contributed by atoms with Crippen LogP contribution in [0.5, 0.6) is 0 Å². The van der Waals surface area contributed by atoms with Crippen LogP contribution in [0, 0.1) is 11.8 Å². The standard InChI is InChI=1S/C17H25N3O3S.ClH/c18-13-14-5-4-8-16(14)17(21)19-9-11-20(12-10-19)24(22,23)15-6-2-1-3-7-15;/h1-3,6-7,14,16H,4-5,8-13,18H2;1H/t14-,16-;/m1./s1. The molecule has 1 aromatic rings. The quantitative estimate of drug-likeness (QED) is 0.844. The van der Waals surface area contributed by atoms with Gasteiger partial charge < -0.3 is 10.6 Å². The number of hydrogen-bond acceptors (Lipinski definition) is 4. The van der Waals surface area contributed by atoms with Gasteiger partial charge in [-0.2, -0.15) is 4.31 Å². The second-order valence-electron chi connectivity index (χ2n) is 6.58. The van der Waals surface area contributed by atoms with Gasteiger partial charge in [-0.1, -0.05) is 24.6 Å². The first kappa shape index (κ1) is 20.2. The average Bonchev–Trinajstić information content (AvgIpc) is 3.10. The molecule has 0 unspecified atom stereocenters. The summed E-state index contributed by atoms with van der Waals surface area (Å²) >= 11 is 0. The van der Waals surface area contributed by atoms with Crippen LogP contribution < -0.4 is 5.73 Å². The van der Waals surface area contributed by atoms with E-state index in [1.54, 1.807) is 30.3 Å². The molecule has 6 nitrogen and oxygen atoms in total. The van der Waals surface area contributed by atoms with Crippen LogP contribution in [0.25, 0.3) is 0 Å². The zero-order chi connectivity index (χ0) is 17.2. The predicted octanol–water partition coefficient (Wildman–Crippen LogP) is 1.32. The number of benzene rings is 1. The molecule has 1 aliphatic heterocycles. The van der Waals surface area contributed by atoms with Crippen LogP contribution in [-0.2, 0) is 14.8 Å². The third-order valence-corrected chi connectivity index (χ3v) is 7.12. The van der Waals surface area contributed by atoms with Gasteiger partial charge in [0.05, 0.1) is 4.90 Å². The fraction of sp³-hybridized carbons (Fsp3) is 0.588. The first-order valence-electron chi connectivity index (χ1n) is 8.58. The van der Waals surface area contributed by atoms with Crippen molar-refractivity contribution < 1.29 is 13.2 Å². The Morgan fingerprint density at radius 2 is 1.72 bits per heavy atom. The molecule has 3 rings (SSSR count). The number of piperazine rings is 1. The molecule has 2 aliphatic rings. The van der Waals surface area contributed by atoms with E-state index in [0.29, 0.717) is 37.6 Å². The summed E-state index contributed by atoms with van der Waals surface area (Å²) in [5.41, 5.74) is 5.78. The lowest BCUT2D eigenvalue weighted by Crippen LogP contribution is -2.52. The fourth-order valence-electron chi connectivity index (χ4n) is 3.77. The topological polar surface area (TPSA) is 83.7 Å². The van der Waals surface area contributed by atoms with Crippen molar-refractivity contribution in [1.82, 2.24) is 9.21 Å². The molecule has 1 saturated carbocycles. The second kappa shape index (κ2) is 8.49. The van der Waals surface area contributed by atoms with Crippen LogP contribution in [0.4, 0.5) is 0 Å². The minimum absolute atomic E-state index is 0. The summed E-state index contributed by atoms with van der Waals surface area (Å²) in [6.07, 6.45) is 2.99.